The molecular formula is C21H20N2O4. The molecule has 2 aromatic rings. The average Bonchev–Trinajstić information content (AvgIpc) is 2.88. The summed E-state index contributed by atoms with van der Waals surface area (Å²) in [6.07, 6.45) is 5.00. The van der Waals surface area contributed by atoms with Crippen LogP contribution < -0.4 is 10.6 Å². The average molecular weight is 364 g/mol. The van der Waals surface area contributed by atoms with Crippen LogP contribution in [0.2, 0.25) is 0 Å². The summed E-state index contributed by atoms with van der Waals surface area (Å²) in [5, 5.41) is 5.31. The second kappa shape index (κ2) is 9.24. The van der Waals surface area contributed by atoms with Crippen molar-refractivity contribution in [2.24, 2.45) is 0 Å². The van der Waals surface area contributed by atoms with Gasteiger partial charge in [0.05, 0.1) is 0 Å². The van der Waals surface area contributed by atoms with Crippen LogP contribution in [0.5, 0.6) is 0 Å². The number of nitrogens with one attached hydrogen (secondary N) is 2. The van der Waals surface area contributed by atoms with Gasteiger partial charge in [0.1, 0.15) is 6.10 Å². The molecule has 6 heteroatoms. The van der Waals surface area contributed by atoms with Crippen molar-refractivity contribution in [3.05, 3.63) is 85.0 Å². The summed E-state index contributed by atoms with van der Waals surface area (Å²) in [6, 6.07) is 18.0. The summed E-state index contributed by atoms with van der Waals surface area (Å²) >= 11 is 0. The van der Waals surface area contributed by atoms with Crippen LogP contribution in [0.3, 0.4) is 0 Å². The van der Waals surface area contributed by atoms with Crippen molar-refractivity contribution >= 4 is 23.6 Å². The van der Waals surface area contributed by atoms with Gasteiger partial charge in [-0.05, 0) is 30.3 Å². The summed E-state index contributed by atoms with van der Waals surface area (Å²) in [7, 11) is 0. The zero-order chi connectivity index (χ0) is 18.9. The normalized spacial score (nSPS) is 18.2. The van der Waals surface area contributed by atoms with Crippen LogP contribution >= 0.6 is 0 Å². The predicted octanol–water partition coefficient (Wildman–Crippen LogP) is 4.74. The second-order valence-electron chi connectivity index (χ2n) is 5.84. The Balaban J connectivity index is 1.60. The van der Waals surface area contributed by atoms with Crippen molar-refractivity contribution in [3.8, 4) is 0 Å². The van der Waals surface area contributed by atoms with Crippen LogP contribution in [-0.2, 0) is 9.47 Å². The van der Waals surface area contributed by atoms with Gasteiger partial charge >= 0.3 is 12.2 Å². The molecule has 1 aliphatic rings. The highest BCUT2D eigenvalue weighted by Crippen LogP contribution is 2.17. The molecule has 6 nitrogen and oxygen atoms in total. The molecular weight excluding hydrogens is 344 g/mol. The van der Waals surface area contributed by atoms with E-state index in [9.17, 15) is 9.59 Å². The number of hydrogen-bond acceptors (Lipinski definition) is 4. The number of hydrogen-bond donors (Lipinski definition) is 2. The molecule has 0 spiro atoms. The van der Waals surface area contributed by atoms with Crippen molar-refractivity contribution < 1.29 is 19.1 Å². The largest absolute Gasteiger partial charge is 0.441 e. The molecule has 2 N–H and O–H groups in total. The van der Waals surface area contributed by atoms with E-state index in [0.29, 0.717) is 17.8 Å². The van der Waals surface area contributed by atoms with Crippen molar-refractivity contribution in [2.45, 2.75) is 18.6 Å². The molecule has 1 aliphatic carbocycles. The van der Waals surface area contributed by atoms with Crippen LogP contribution in [0, 0.1) is 0 Å². The standard InChI is InChI=1S/C21H20N2O4/c24-20(22-16-10-4-1-5-11-16)26-18-14-8-3-9-15-19(18)27-21(25)23-17-12-6-2-7-13-17/h1-14,18-19H,15H2,(H,22,24)(H,23,25)/t18-,19?/m1/s1. The smallest absolute Gasteiger partial charge is 0.412 e. The Morgan fingerprint density at radius 3 is 1.93 bits per heavy atom. The van der Waals surface area contributed by atoms with Crippen molar-refractivity contribution in [2.75, 3.05) is 10.6 Å². The zero-order valence-corrected chi connectivity index (χ0v) is 14.6. The minimum absolute atomic E-state index is 0.429. The Labute approximate surface area is 157 Å². The lowest BCUT2D eigenvalue weighted by molar-refractivity contribution is 0.0240. The van der Waals surface area contributed by atoms with Gasteiger partial charge in [-0.1, -0.05) is 54.6 Å². The van der Waals surface area contributed by atoms with E-state index in [0.717, 1.165) is 0 Å². The summed E-state index contributed by atoms with van der Waals surface area (Å²) in [6.45, 7) is 0. The topological polar surface area (TPSA) is 76.7 Å². The highest BCUT2D eigenvalue weighted by Gasteiger charge is 2.27. The molecule has 2 atom stereocenters. The van der Waals surface area contributed by atoms with Gasteiger partial charge in [-0.3, -0.25) is 10.6 Å². The van der Waals surface area contributed by atoms with Crippen LogP contribution in [0.15, 0.2) is 85.0 Å². The molecule has 0 radical (unpaired) electrons. The molecule has 0 bridgehead atoms. The highest BCUT2D eigenvalue weighted by atomic mass is 16.6. The van der Waals surface area contributed by atoms with Gasteiger partial charge in [-0.15, -0.1) is 0 Å². The number of allylic oxidation sites excluding steroid dienone is 2. The van der Waals surface area contributed by atoms with E-state index in [2.05, 4.69) is 10.6 Å². The number of benzene rings is 2. The van der Waals surface area contributed by atoms with Crippen LogP contribution in [0.25, 0.3) is 0 Å². The summed E-state index contributed by atoms with van der Waals surface area (Å²) in [4.78, 5) is 24.3. The number of ether oxygens (including phenoxy) is 2. The lowest BCUT2D eigenvalue weighted by Gasteiger charge is -2.23. The van der Waals surface area contributed by atoms with Gasteiger partial charge in [0, 0.05) is 17.8 Å². The molecule has 0 fully saturated rings. The molecule has 1 unspecified atom stereocenters. The number of amides is 2. The first-order valence-electron chi connectivity index (χ1n) is 8.59. The van der Waals surface area contributed by atoms with Gasteiger partial charge < -0.3 is 9.47 Å². The fraction of sp³-hybridized carbons (Fsp3) is 0.143. The van der Waals surface area contributed by atoms with Crippen LogP contribution in [0.1, 0.15) is 6.42 Å². The Kier molecular flexibility index (Phi) is 6.25. The van der Waals surface area contributed by atoms with E-state index in [4.69, 9.17) is 9.47 Å². The van der Waals surface area contributed by atoms with E-state index in [1.54, 1.807) is 36.4 Å². The molecule has 2 amide bonds. The first kappa shape index (κ1) is 18.3. The van der Waals surface area contributed by atoms with E-state index in [1.807, 2.05) is 48.6 Å². The quantitative estimate of drug-likeness (QED) is 0.822. The molecule has 27 heavy (non-hydrogen) atoms. The number of rotatable bonds is 4. The number of anilines is 2. The molecule has 0 heterocycles. The first-order chi connectivity index (χ1) is 13.2. The fourth-order valence-corrected chi connectivity index (χ4v) is 2.55. The molecule has 0 aliphatic heterocycles. The van der Waals surface area contributed by atoms with Crippen LogP contribution in [-0.4, -0.2) is 24.4 Å². The SMILES string of the molecule is O=C(Nc1ccccc1)OC1CC=CC=C[C@H]1OC(=O)Nc1ccccc1. The maximum Gasteiger partial charge on any atom is 0.412 e. The molecule has 138 valence electrons. The number of carbonyl (C=O) groups excluding carboxylic acids is 2. The molecule has 0 aromatic heterocycles. The molecule has 3 rings (SSSR count). The van der Waals surface area contributed by atoms with E-state index in [-0.39, 0.29) is 0 Å². The summed E-state index contributed by atoms with van der Waals surface area (Å²) in [5.74, 6) is 0. The van der Waals surface area contributed by atoms with E-state index >= 15 is 0 Å². The van der Waals surface area contributed by atoms with Gasteiger partial charge in [0.25, 0.3) is 0 Å². The number of para-hydroxylation sites is 2. The summed E-state index contributed by atoms with van der Waals surface area (Å²) < 4.78 is 10.9. The first-order valence-corrected chi connectivity index (χ1v) is 8.59. The third kappa shape index (κ3) is 5.74. The van der Waals surface area contributed by atoms with Gasteiger partial charge in [0.2, 0.25) is 0 Å². The third-order valence-electron chi connectivity index (χ3n) is 3.82. The Bertz CT molecular complexity index is 819. The lowest BCUT2D eigenvalue weighted by atomic mass is 10.1. The monoisotopic (exact) mass is 364 g/mol. The Hall–Kier alpha value is -3.54. The van der Waals surface area contributed by atoms with Gasteiger partial charge in [0.15, 0.2) is 6.10 Å². The zero-order valence-electron chi connectivity index (χ0n) is 14.6. The highest BCUT2D eigenvalue weighted by molar-refractivity contribution is 5.85. The van der Waals surface area contributed by atoms with Crippen molar-refractivity contribution in [3.63, 3.8) is 0 Å². The summed E-state index contributed by atoms with van der Waals surface area (Å²) in [5.41, 5.74) is 1.25. The number of carbonyl (C=O) groups is 2. The Morgan fingerprint density at radius 1 is 0.778 bits per heavy atom. The van der Waals surface area contributed by atoms with Gasteiger partial charge in [-0.2, -0.15) is 0 Å². The van der Waals surface area contributed by atoms with Gasteiger partial charge in [-0.25, -0.2) is 9.59 Å². The Morgan fingerprint density at radius 2 is 1.33 bits per heavy atom. The maximum absolute atomic E-state index is 12.2. The lowest BCUT2D eigenvalue weighted by Crippen LogP contribution is -2.35. The van der Waals surface area contributed by atoms with E-state index < -0.39 is 24.4 Å². The van der Waals surface area contributed by atoms with Crippen molar-refractivity contribution in [1.29, 1.82) is 0 Å². The predicted molar refractivity (Wildman–Crippen MR) is 104 cm³/mol. The second-order valence-corrected chi connectivity index (χ2v) is 5.84. The van der Waals surface area contributed by atoms with Crippen LogP contribution in [0.4, 0.5) is 21.0 Å². The fourth-order valence-electron chi connectivity index (χ4n) is 2.55. The minimum Gasteiger partial charge on any atom is -0.441 e. The van der Waals surface area contributed by atoms with Crippen molar-refractivity contribution in [1.82, 2.24) is 0 Å². The maximum atomic E-state index is 12.2. The molecule has 2 aromatic carbocycles. The minimum atomic E-state index is -0.703. The molecule has 0 saturated heterocycles. The molecule has 0 saturated carbocycles. The van der Waals surface area contributed by atoms with E-state index in [1.165, 1.54) is 0 Å². The third-order valence-corrected chi connectivity index (χ3v) is 3.82.